The summed E-state index contributed by atoms with van der Waals surface area (Å²) in [6.07, 6.45) is -4.49. The molecule has 2 aromatic rings. The zero-order valence-electron chi connectivity index (χ0n) is 9.76. The average molecular weight is 284 g/mol. The SMILES string of the molecule is O=C(O)c1ccc(=O)n(-c2ccc(C(F)(F)F)cc2)n1. The van der Waals surface area contributed by atoms with Gasteiger partial charge in [0.2, 0.25) is 0 Å². The van der Waals surface area contributed by atoms with Gasteiger partial charge in [0.15, 0.2) is 5.69 Å². The second kappa shape index (κ2) is 4.80. The second-order valence-electron chi connectivity index (χ2n) is 3.82. The summed E-state index contributed by atoms with van der Waals surface area (Å²) in [4.78, 5) is 22.3. The van der Waals surface area contributed by atoms with E-state index in [1.807, 2.05) is 0 Å². The molecule has 1 aromatic heterocycles. The highest BCUT2D eigenvalue weighted by molar-refractivity contribution is 5.84. The molecule has 0 aliphatic rings. The maximum Gasteiger partial charge on any atom is 0.416 e. The second-order valence-corrected chi connectivity index (χ2v) is 3.82. The van der Waals surface area contributed by atoms with Gasteiger partial charge in [0, 0.05) is 6.07 Å². The Labute approximate surface area is 109 Å². The molecule has 0 radical (unpaired) electrons. The van der Waals surface area contributed by atoms with Crippen molar-refractivity contribution in [2.45, 2.75) is 6.18 Å². The Morgan fingerprint density at radius 1 is 1.10 bits per heavy atom. The van der Waals surface area contributed by atoms with Crippen molar-refractivity contribution >= 4 is 5.97 Å². The third-order valence-electron chi connectivity index (χ3n) is 2.46. The van der Waals surface area contributed by atoms with Crippen LogP contribution in [0.3, 0.4) is 0 Å². The number of hydrogen-bond acceptors (Lipinski definition) is 3. The van der Waals surface area contributed by atoms with Crippen molar-refractivity contribution in [1.82, 2.24) is 9.78 Å². The number of carboxylic acid groups (broad SMARTS) is 1. The summed E-state index contributed by atoms with van der Waals surface area (Å²) in [6, 6.07) is 5.67. The maximum atomic E-state index is 12.4. The molecule has 0 aliphatic heterocycles. The van der Waals surface area contributed by atoms with Crippen molar-refractivity contribution in [2.75, 3.05) is 0 Å². The molecule has 1 heterocycles. The lowest BCUT2D eigenvalue weighted by atomic mass is 10.2. The van der Waals surface area contributed by atoms with Gasteiger partial charge in [0.05, 0.1) is 11.3 Å². The largest absolute Gasteiger partial charge is 0.476 e. The third kappa shape index (κ3) is 2.68. The van der Waals surface area contributed by atoms with Gasteiger partial charge in [-0.15, -0.1) is 0 Å². The topological polar surface area (TPSA) is 72.2 Å². The van der Waals surface area contributed by atoms with Crippen molar-refractivity contribution in [3.05, 3.63) is 58.0 Å². The lowest BCUT2D eigenvalue weighted by Crippen LogP contribution is -2.22. The molecule has 0 unspecified atom stereocenters. The van der Waals surface area contributed by atoms with Crippen LogP contribution in [0, 0.1) is 0 Å². The standard InChI is InChI=1S/C12H7F3N2O3/c13-12(14,15)7-1-3-8(4-2-7)17-10(18)6-5-9(16-17)11(19)20/h1-6H,(H,19,20). The van der Waals surface area contributed by atoms with Crippen molar-refractivity contribution < 1.29 is 23.1 Å². The Balaban J connectivity index is 2.49. The van der Waals surface area contributed by atoms with E-state index in [1.165, 1.54) is 0 Å². The van der Waals surface area contributed by atoms with Crippen molar-refractivity contribution in [3.63, 3.8) is 0 Å². The molecule has 5 nitrogen and oxygen atoms in total. The summed E-state index contributed by atoms with van der Waals surface area (Å²) in [5.74, 6) is -1.34. The summed E-state index contributed by atoms with van der Waals surface area (Å²) in [6.45, 7) is 0. The first-order valence-corrected chi connectivity index (χ1v) is 5.30. The summed E-state index contributed by atoms with van der Waals surface area (Å²) >= 11 is 0. The molecule has 2 rings (SSSR count). The summed E-state index contributed by atoms with van der Waals surface area (Å²) in [7, 11) is 0. The summed E-state index contributed by atoms with van der Waals surface area (Å²) in [5, 5.41) is 12.3. The first-order chi connectivity index (χ1) is 9.29. The maximum absolute atomic E-state index is 12.4. The van der Waals surface area contributed by atoms with Gasteiger partial charge >= 0.3 is 12.1 Å². The predicted molar refractivity (Wildman–Crippen MR) is 61.8 cm³/mol. The Morgan fingerprint density at radius 3 is 2.20 bits per heavy atom. The van der Waals surface area contributed by atoms with E-state index in [9.17, 15) is 22.8 Å². The molecular formula is C12H7F3N2O3. The van der Waals surface area contributed by atoms with E-state index >= 15 is 0 Å². The number of nitrogens with zero attached hydrogens (tertiary/aromatic N) is 2. The first kappa shape index (κ1) is 13.8. The number of alkyl halides is 3. The quantitative estimate of drug-likeness (QED) is 0.914. The fourth-order valence-electron chi connectivity index (χ4n) is 1.50. The van der Waals surface area contributed by atoms with Crippen LogP contribution in [0.25, 0.3) is 5.69 Å². The molecule has 1 aromatic carbocycles. The van der Waals surface area contributed by atoms with Crippen LogP contribution in [0.1, 0.15) is 16.1 Å². The van der Waals surface area contributed by atoms with E-state index in [-0.39, 0.29) is 11.4 Å². The van der Waals surface area contributed by atoms with Gasteiger partial charge in [-0.2, -0.15) is 23.0 Å². The number of carbonyl (C=O) groups is 1. The normalized spacial score (nSPS) is 11.3. The van der Waals surface area contributed by atoms with E-state index in [4.69, 9.17) is 5.11 Å². The van der Waals surface area contributed by atoms with Crippen LogP contribution in [0.2, 0.25) is 0 Å². The smallest absolute Gasteiger partial charge is 0.416 e. The molecule has 20 heavy (non-hydrogen) atoms. The van der Waals surface area contributed by atoms with Gasteiger partial charge in [0.1, 0.15) is 0 Å². The number of aromatic carboxylic acids is 1. The van der Waals surface area contributed by atoms with Crippen LogP contribution in [0.5, 0.6) is 0 Å². The van der Waals surface area contributed by atoms with E-state index in [2.05, 4.69) is 5.10 Å². The van der Waals surface area contributed by atoms with Gasteiger partial charge in [-0.1, -0.05) is 0 Å². The van der Waals surface area contributed by atoms with Gasteiger partial charge in [-0.3, -0.25) is 4.79 Å². The van der Waals surface area contributed by atoms with E-state index in [1.54, 1.807) is 0 Å². The Bertz CT molecular complexity index is 705. The Hall–Kier alpha value is -2.64. The van der Waals surface area contributed by atoms with Crippen LogP contribution in [0.4, 0.5) is 13.2 Å². The minimum atomic E-state index is -4.49. The van der Waals surface area contributed by atoms with Gasteiger partial charge in [0.25, 0.3) is 5.56 Å². The van der Waals surface area contributed by atoms with E-state index < -0.39 is 23.3 Å². The van der Waals surface area contributed by atoms with Crippen LogP contribution >= 0.6 is 0 Å². The molecule has 0 spiro atoms. The van der Waals surface area contributed by atoms with Gasteiger partial charge < -0.3 is 5.11 Å². The van der Waals surface area contributed by atoms with Crippen molar-refractivity contribution in [3.8, 4) is 5.69 Å². The average Bonchev–Trinajstić information content (AvgIpc) is 2.38. The van der Waals surface area contributed by atoms with Crippen LogP contribution in [-0.4, -0.2) is 20.9 Å². The minimum absolute atomic E-state index is 0.0473. The van der Waals surface area contributed by atoms with Crippen LogP contribution in [-0.2, 0) is 6.18 Å². The van der Waals surface area contributed by atoms with Gasteiger partial charge in [-0.25, -0.2) is 4.79 Å². The number of hydrogen-bond donors (Lipinski definition) is 1. The molecular weight excluding hydrogens is 277 g/mol. The molecule has 8 heteroatoms. The zero-order valence-corrected chi connectivity index (χ0v) is 9.76. The number of rotatable bonds is 2. The van der Waals surface area contributed by atoms with Gasteiger partial charge in [-0.05, 0) is 30.3 Å². The predicted octanol–water partition coefficient (Wildman–Crippen LogP) is 1.95. The Morgan fingerprint density at radius 2 is 1.70 bits per heavy atom. The first-order valence-electron chi connectivity index (χ1n) is 5.30. The number of aromatic nitrogens is 2. The van der Waals surface area contributed by atoms with E-state index in [0.29, 0.717) is 0 Å². The number of benzene rings is 1. The minimum Gasteiger partial charge on any atom is -0.476 e. The molecule has 0 saturated heterocycles. The third-order valence-corrected chi connectivity index (χ3v) is 2.46. The zero-order chi connectivity index (χ0) is 14.9. The molecule has 0 aliphatic carbocycles. The molecule has 1 N–H and O–H groups in total. The van der Waals surface area contributed by atoms with E-state index in [0.717, 1.165) is 41.1 Å². The van der Waals surface area contributed by atoms with Crippen LogP contribution < -0.4 is 5.56 Å². The summed E-state index contributed by atoms with van der Waals surface area (Å²) in [5.41, 5.74) is -1.85. The van der Waals surface area contributed by atoms with Crippen molar-refractivity contribution in [1.29, 1.82) is 0 Å². The molecule has 0 amide bonds. The van der Waals surface area contributed by atoms with Crippen LogP contribution in [0.15, 0.2) is 41.2 Å². The molecule has 104 valence electrons. The fraction of sp³-hybridized carbons (Fsp3) is 0.0833. The highest BCUT2D eigenvalue weighted by Gasteiger charge is 2.30. The highest BCUT2D eigenvalue weighted by atomic mass is 19.4. The van der Waals surface area contributed by atoms with Crippen molar-refractivity contribution in [2.24, 2.45) is 0 Å². The number of carboxylic acids is 1. The molecule has 0 saturated carbocycles. The fourth-order valence-corrected chi connectivity index (χ4v) is 1.50. The molecule has 0 fully saturated rings. The summed E-state index contributed by atoms with van der Waals surface area (Å²) < 4.78 is 38.0. The molecule has 0 bridgehead atoms. The number of halogens is 3. The monoisotopic (exact) mass is 284 g/mol. The lowest BCUT2D eigenvalue weighted by Gasteiger charge is -2.08. The lowest BCUT2D eigenvalue weighted by molar-refractivity contribution is -0.137. The molecule has 0 atom stereocenters. The Kier molecular flexibility index (Phi) is 3.31. The highest BCUT2D eigenvalue weighted by Crippen LogP contribution is 2.29.